The number of pyridine rings is 1. The molecule has 1 amide bonds. The highest BCUT2D eigenvalue weighted by Gasteiger charge is 2.36. The molecule has 0 atom stereocenters. The fourth-order valence-electron chi connectivity index (χ4n) is 2.62. The zero-order chi connectivity index (χ0) is 19.2. The normalized spacial score (nSPS) is 15.1. The number of likely N-dealkylation sites (N-methyl/N-ethyl adjacent to an activating group) is 1. The second-order valence-corrected chi connectivity index (χ2v) is 8.60. The van der Waals surface area contributed by atoms with Crippen molar-refractivity contribution in [1.82, 2.24) is 19.9 Å². The average Bonchev–Trinajstić information content (AvgIpc) is 2.49. The molecule has 1 aliphatic rings. The molecule has 0 saturated carbocycles. The molecule has 0 spiro atoms. The topological polar surface area (TPSA) is 71.5 Å². The Bertz CT molecular complexity index is 864. The van der Waals surface area contributed by atoms with Crippen molar-refractivity contribution in [3.8, 4) is 0 Å². The molecule has 2 aromatic rings. The Hall–Kier alpha value is -1.67. The van der Waals surface area contributed by atoms with Gasteiger partial charge in [-0.3, -0.25) is 0 Å². The zero-order valence-corrected chi connectivity index (χ0v) is 17.7. The monoisotopic (exact) mass is 441 g/mol. The maximum absolute atomic E-state index is 12.2. The van der Waals surface area contributed by atoms with Crippen molar-refractivity contribution >= 4 is 50.6 Å². The Balaban J connectivity index is 1.74. The number of hydrogen-bond acceptors (Lipinski definition) is 6. The predicted octanol–water partition coefficient (Wildman–Crippen LogP) is 3.80. The summed E-state index contributed by atoms with van der Waals surface area (Å²) < 4.78 is 6.27. The first kappa shape index (κ1) is 19.1. The number of carbonyl (C=O) groups excluding carboxylic acids is 1. The molecule has 7 nitrogen and oxygen atoms in total. The van der Waals surface area contributed by atoms with E-state index in [9.17, 15) is 4.79 Å². The van der Waals surface area contributed by atoms with Crippen LogP contribution < -0.4 is 4.90 Å². The summed E-state index contributed by atoms with van der Waals surface area (Å²) in [5.74, 6) is 0.585. The van der Waals surface area contributed by atoms with Crippen LogP contribution in [0, 0.1) is 6.92 Å². The highest BCUT2D eigenvalue weighted by Crippen LogP contribution is 2.31. The van der Waals surface area contributed by atoms with Crippen LogP contribution in [-0.2, 0) is 4.74 Å². The van der Waals surface area contributed by atoms with Gasteiger partial charge in [0.05, 0.1) is 6.04 Å². The smallest absolute Gasteiger partial charge is 0.410 e. The Labute approximate surface area is 165 Å². The summed E-state index contributed by atoms with van der Waals surface area (Å²) in [4.78, 5) is 29.1. The Morgan fingerprint density at radius 2 is 2.04 bits per heavy atom. The lowest BCUT2D eigenvalue weighted by atomic mass is 10.1. The summed E-state index contributed by atoms with van der Waals surface area (Å²) >= 11 is 9.79. The van der Waals surface area contributed by atoms with E-state index in [4.69, 9.17) is 16.3 Å². The van der Waals surface area contributed by atoms with Gasteiger partial charge in [-0.1, -0.05) is 11.6 Å². The zero-order valence-electron chi connectivity index (χ0n) is 15.4. The van der Waals surface area contributed by atoms with Crippen molar-refractivity contribution in [2.45, 2.75) is 39.3 Å². The highest BCUT2D eigenvalue weighted by molar-refractivity contribution is 9.10. The number of fused-ring (bicyclic) bond motifs is 1. The third-order valence-corrected chi connectivity index (χ3v) is 5.28. The minimum atomic E-state index is -0.514. The van der Waals surface area contributed by atoms with Crippen LogP contribution in [0.4, 0.5) is 10.6 Å². The Kier molecular flexibility index (Phi) is 5.00. The first-order valence-corrected chi connectivity index (χ1v) is 9.43. The molecule has 140 valence electrons. The second kappa shape index (κ2) is 6.81. The number of aryl methyl sites for hydroxylation is 1. The number of carbonyl (C=O) groups is 1. The lowest BCUT2D eigenvalue weighted by molar-refractivity contribution is 0.0196. The Morgan fingerprint density at radius 3 is 2.65 bits per heavy atom. The lowest BCUT2D eigenvalue weighted by Crippen LogP contribution is -2.60. The van der Waals surface area contributed by atoms with E-state index in [0.717, 1.165) is 10.0 Å². The minimum Gasteiger partial charge on any atom is -0.444 e. The van der Waals surface area contributed by atoms with E-state index in [1.807, 2.05) is 32.6 Å². The fourth-order valence-corrected chi connectivity index (χ4v) is 3.16. The Morgan fingerprint density at radius 1 is 1.38 bits per heavy atom. The summed E-state index contributed by atoms with van der Waals surface area (Å²) in [6, 6.07) is 0.0398. The van der Waals surface area contributed by atoms with Gasteiger partial charge in [0.25, 0.3) is 0 Å². The van der Waals surface area contributed by atoms with Gasteiger partial charge >= 0.3 is 6.09 Å². The number of aromatic nitrogens is 3. The van der Waals surface area contributed by atoms with E-state index < -0.39 is 5.60 Å². The molecule has 9 heteroatoms. The molecule has 3 heterocycles. The van der Waals surface area contributed by atoms with Crippen LogP contribution in [0.1, 0.15) is 26.3 Å². The van der Waals surface area contributed by atoms with E-state index in [-0.39, 0.29) is 12.1 Å². The van der Waals surface area contributed by atoms with Crippen molar-refractivity contribution in [2.75, 3.05) is 25.0 Å². The molecule has 0 radical (unpaired) electrons. The van der Waals surface area contributed by atoms with Crippen molar-refractivity contribution in [3.05, 3.63) is 21.4 Å². The van der Waals surface area contributed by atoms with Crippen LogP contribution in [-0.4, -0.2) is 57.7 Å². The lowest BCUT2D eigenvalue weighted by Gasteiger charge is -2.44. The van der Waals surface area contributed by atoms with Crippen LogP contribution in [0.25, 0.3) is 11.2 Å². The quantitative estimate of drug-likeness (QED) is 0.704. The van der Waals surface area contributed by atoms with E-state index in [2.05, 4.69) is 30.9 Å². The highest BCUT2D eigenvalue weighted by atomic mass is 79.9. The third kappa shape index (κ3) is 3.71. The first-order valence-electron chi connectivity index (χ1n) is 8.26. The van der Waals surface area contributed by atoms with Gasteiger partial charge in [-0.25, -0.2) is 19.7 Å². The summed E-state index contributed by atoms with van der Waals surface area (Å²) in [7, 11) is 1.74. The van der Waals surface area contributed by atoms with Gasteiger partial charge < -0.3 is 14.5 Å². The number of halogens is 2. The van der Waals surface area contributed by atoms with Crippen molar-refractivity contribution < 1.29 is 9.53 Å². The molecular weight excluding hydrogens is 422 g/mol. The van der Waals surface area contributed by atoms with Gasteiger partial charge in [-0.15, -0.1) is 0 Å². The van der Waals surface area contributed by atoms with Gasteiger partial charge in [-0.05, 0) is 49.2 Å². The first-order chi connectivity index (χ1) is 12.1. The van der Waals surface area contributed by atoms with E-state index in [1.54, 1.807) is 18.1 Å². The largest absolute Gasteiger partial charge is 0.444 e. The standard InChI is InChI=1S/C17H21BrClN5O2/c1-9-11(18)6-20-14-12(9)21-13(19)15(22-14)24-7-10(8-24)23(5)16(25)26-17(2,3)4/h6,10H,7-8H2,1-5H3. The number of rotatable bonds is 2. The summed E-state index contributed by atoms with van der Waals surface area (Å²) in [5.41, 5.74) is 1.66. The van der Waals surface area contributed by atoms with Gasteiger partial charge in [-0.2, -0.15) is 0 Å². The van der Waals surface area contributed by atoms with Gasteiger partial charge in [0.2, 0.25) is 0 Å². The molecule has 1 aliphatic heterocycles. The molecule has 3 rings (SSSR count). The predicted molar refractivity (Wildman–Crippen MR) is 105 cm³/mol. The van der Waals surface area contributed by atoms with Crippen molar-refractivity contribution in [3.63, 3.8) is 0 Å². The average molecular weight is 443 g/mol. The molecular formula is C17H21BrClN5O2. The van der Waals surface area contributed by atoms with Gasteiger partial charge in [0.1, 0.15) is 11.1 Å². The number of anilines is 1. The molecule has 26 heavy (non-hydrogen) atoms. The molecule has 1 saturated heterocycles. The van der Waals surface area contributed by atoms with Crippen LogP contribution >= 0.6 is 27.5 Å². The maximum Gasteiger partial charge on any atom is 0.410 e. The summed E-state index contributed by atoms with van der Waals surface area (Å²) in [6.45, 7) is 8.72. The van der Waals surface area contributed by atoms with Crippen LogP contribution in [0.15, 0.2) is 10.7 Å². The fraction of sp³-hybridized carbons (Fsp3) is 0.529. The van der Waals surface area contributed by atoms with E-state index in [1.165, 1.54) is 0 Å². The van der Waals surface area contributed by atoms with Crippen LogP contribution in [0.2, 0.25) is 5.15 Å². The van der Waals surface area contributed by atoms with Gasteiger partial charge in [0, 0.05) is 30.8 Å². The molecule has 0 N–H and O–H groups in total. The molecule has 1 fully saturated rings. The molecule has 0 aliphatic carbocycles. The van der Waals surface area contributed by atoms with Crippen molar-refractivity contribution in [1.29, 1.82) is 0 Å². The number of ether oxygens (including phenoxy) is 1. The SMILES string of the molecule is Cc1c(Br)cnc2nc(N3CC(N(C)C(=O)OC(C)(C)C)C3)c(Cl)nc12. The van der Waals surface area contributed by atoms with E-state index in [0.29, 0.717) is 35.2 Å². The molecule has 0 aromatic carbocycles. The number of nitrogens with zero attached hydrogens (tertiary/aromatic N) is 5. The van der Waals surface area contributed by atoms with Gasteiger partial charge in [0.15, 0.2) is 16.6 Å². The minimum absolute atomic E-state index is 0.0398. The second-order valence-electron chi connectivity index (χ2n) is 7.39. The third-order valence-electron chi connectivity index (χ3n) is 4.22. The van der Waals surface area contributed by atoms with Crippen LogP contribution in [0.5, 0.6) is 0 Å². The summed E-state index contributed by atoms with van der Waals surface area (Å²) in [5, 5.41) is 0.332. The maximum atomic E-state index is 12.2. The molecule has 0 unspecified atom stereocenters. The number of amides is 1. The number of hydrogen-bond donors (Lipinski definition) is 0. The molecule has 2 aromatic heterocycles. The van der Waals surface area contributed by atoms with Crippen molar-refractivity contribution in [2.24, 2.45) is 0 Å². The molecule has 0 bridgehead atoms. The van der Waals surface area contributed by atoms with E-state index >= 15 is 0 Å². The van der Waals surface area contributed by atoms with Crippen LogP contribution in [0.3, 0.4) is 0 Å². The summed E-state index contributed by atoms with van der Waals surface area (Å²) in [6.07, 6.45) is 1.37.